The Kier molecular flexibility index (Phi) is 8.57. The lowest BCUT2D eigenvalue weighted by Crippen LogP contribution is -2.42. The van der Waals surface area contributed by atoms with Crippen molar-refractivity contribution >= 4 is 44.7 Å². The summed E-state index contributed by atoms with van der Waals surface area (Å²) in [6.07, 6.45) is -2.07. The first-order valence-electron chi connectivity index (χ1n) is 11.5. The summed E-state index contributed by atoms with van der Waals surface area (Å²) in [4.78, 5) is 28.8. The number of rotatable bonds is 10. The summed E-state index contributed by atoms with van der Waals surface area (Å²) >= 11 is 0. The van der Waals surface area contributed by atoms with E-state index in [-0.39, 0.29) is 37.7 Å². The van der Waals surface area contributed by atoms with E-state index in [9.17, 15) is 30.0 Å². The molecule has 0 spiro atoms. The fraction of sp³-hybridized carbons (Fsp3) is 0.385. The zero-order chi connectivity index (χ0) is 24.8. The first-order valence-corrected chi connectivity index (χ1v) is 11.5. The molecule has 0 radical (unpaired) electrons. The average Bonchev–Trinajstić information content (AvgIpc) is 2.87. The second kappa shape index (κ2) is 11.4. The molecular formula is C26H32N2O6. The van der Waals surface area contributed by atoms with E-state index < -0.39 is 25.4 Å². The quantitative estimate of drug-likeness (QED) is 0.339. The molecule has 0 aliphatic rings. The lowest BCUT2D eigenvalue weighted by Gasteiger charge is -2.33. The van der Waals surface area contributed by atoms with Gasteiger partial charge in [0.1, 0.15) is 0 Å². The molecule has 182 valence electrons. The van der Waals surface area contributed by atoms with E-state index >= 15 is 0 Å². The van der Waals surface area contributed by atoms with Crippen LogP contribution in [0.3, 0.4) is 0 Å². The highest BCUT2D eigenvalue weighted by Crippen LogP contribution is 2.40. The minimum atomic E-state index is -1.18. The summed E-state index contributed by atoms with van der Waals surface area (Å²) in [5.41, 5.74) is 0.795. The van der Waals surface area contributed by atoms with E-state index in [1.807, 2.05) is 42.5 Å². The molecule has 4 N–H and O–H groups in total. The van der Waals surface area contributed by atoms with E-state index in [2.05, 4.69) is 0 Å². The van der Waals surface area contributed by atoms with Gasteiger partial charge in [0, 0.05) is 18.2 Å². The molecule has 0 aliphatic heterocycles. The van der Waals surface area contributed by atoms with Gasteiger partial charge in [-0.05, 0) is 34.4 Å². The molecule has 0 fully saturated rings. The predicted molar refractivity (Wildman–Crippen MR) is 133 cm³/mol. The number of fused-ring (bicyclic) bond motifs is 2. The lowest BCUT2D eigenvalue weighted by atomic mass is 9.99. The lowest BCUT2D eigenvalue weighted by molar-refractivity contribution is -0.119. The van der Waals surface area contributed by atoms with E-state index in [1.54, 1.807) is 19.9 Å². The van der Waals surface area contributed by atoms with Gasteiger partial charge in [-0.25, -0.2) is 0 Å². The Bertz CT molecular complexity index is 1160. The predicted octanol–water partition coefficient (Wildman–Crippen LogP) is 2.19. The fourth-order valence-electron chi connectivity index (χ4n) is 4.06. The summed E-state index contributed by atoms with van der Waals surface area (Å²) in [6, 6.07) is 15.3. The monoisotopic (exact) mass is 468 g/mol. The molecule has 2 unspecified atom stereocenters. The number of hydrogen-bond donors (Lipinski definition) is 4. The van der Waals surface area contributed by atoms with E-state index in [4.69, 9.17) is 0 Å². The van der Waals surface area contributed by atoms with Crippen molar-refractivity contribution in [2.75, 3.05) is 36.1 Å². The Labute approximate surface area is 198 Å². The van der Waals surface area contributed by atoms with Crippen molar-refractivity contribution < 1.29 is 30.0 Å². The summed E-state index contributed by atoms with van der Waals surface area (Å²) in [5.74, 6) is -0.582. The molecule has 0 aromatic heterocycles. The van der Waals surface area contributed by atoms with Crippen molar-refractivity contribution in [1.82, 2.24) is 0 Å². The number of hydrogen-bond acceptors (Lipinski definition) is 6. The molecule has 3 aromatic rings. The molecule has 8 heteroatoms. The molecule has 0 aliphatic carbocycles. The maximum Gasteiger partial charge on any atom is 0.226 e. The molecule has 0 heterocycles. The largest absolute Gasteiger partial charge is 0.394 e. The Morgan fingerprint density at radius 2 is 1.29 bits per heavy atom. The Balaban J connectivity index is 2.37. The molecule has 3 rings (SSSR count). The summed E-state index contributed by atoms with van der Waals surface area (Å²) in [5, 5.41) is 42.8. The van der Waals surface area contributed by atoms with E-state index in [0.29, 0.717) is 16.8 Å². The maximum absolute atomic E-state index is 13.1. The van der Waals surface area contributed by atoms with Gasteiger partial charge in [0.05, 0.1) is 49.9 Å². The third-order valence-electron chi connectivity index (χ3n) is 5.81. The Morgan fingerprint density at radius 1 is 0.765 bits per heavy atom. The smallest absolute Gasteiger partial charge is 0.226 e. The van der Waals surface area contributed by atoms with Crippen molar-refractivity contribution in [2.24, 2.45) is 0 Å². The molecule has 0 saturated heterocycles. The topological polar surface area (TPSA) is 122 Å². The zero-order valence-electron chi connectivity index (χ0n) is 19.5. The van der Waals surface area contributed by atoms with Crippen molar-refractivity contribution in [2.45, 2.75) is 38.9 Å². The van der Waals surface area contributed by atoms with Gasteiger partial charge >= 0.3 is 0 Å². The van der Waals surface area contributed by atoms with Gasteiger partial charge in [0.25, 0.3) is 0 Å². The maximum atomic E-state index is 13.1. The number of aliphatic hydroxyl groups excluding tert-OH is 4. The van der Waals surface area contributed by atoms with Crippen LogP contribution in [-0.4, -0.2) is 70.8 Å². The van der Waals surface area contributed by atoms with Gasteiger partial charge in [0.15, 0.2) is 0 Å². The third kappa shape index (κ3) is 5.37. The van der Waals surface area contributed by atoms with Crippen LogP contribution in [0.4, 0.5) is 11.4 Å². The molecule has 0 bridgehead atoms. The van der Waals surface area contributed by atoms with Crippen molar-refractivity contribution in [1.29, 1.82) is 0 Å². The first kappa shape index (κ1) is 25.6. The molecule has 2 atom stereocenters. The molecule has 34 heavy (non-hydrogen) atoms. The second-order valence-electron chi connectivity index (χ2n) is 8.24. The number of nitrogens with zero attached hydrogens (tertiary/aromatic N) is 2. The molecule has 8 nitrogen and oxygen atoms in total. The average molecular weight is 469 g/mol. The van der Waals surface area contributed by atoms with Crippen LogP contribution in [0.15, 0.2) is 48.5 Å². The second-order valence-corrected chi connectivity index (χ2v) is 8.24. The van der Waals surface area contributed by atoms with Crippen molar-refractivity contribution in [3.8, 4) is 0 Å². The Morgan fingerprint density at radius 3 is 1.85 bits per heavy atom. The van der Waals surface area contributed by atoms with Crippen LogP contribution in [0, 0.1) is 0 Å². The SMILES string of the molecule is CCC(=O)N(CC(O)CO)c1ccc2cc3ccccc3cc2c1N(CC(O)CO)C(=O)CC. The van der Waals surface area contributed by atoms with Gasteiger partial charge < -0.3 is 30.2 Å². The van der Waals surface area contributed by atoms with Crippen LogP contribution >= 0.6 is 0 Å². The van der Waals surface area contributed by atoms with Crippen LogP contribution in [0.5, 0.6) is 0 Å². The first-order chi connectivity index (χ1) is 16.3. The number of carbonyl (C=O) groups is 2. The van der Waals surface area contributed by atoms with Gasteiger partial charge in [-0.1, -0.05) is 44.2 Å². The van der Waals surface area contributed by atoms with Gasteiger partial charge in [0.2, 0.25) is 11.8 Å². The van der Waals surface area contributed by atoms with Gasteiger partial charge in [-0.15, -0.1) is 0 Å². The van der Waals surface area contributed by atoms with E-state index in [1.165, 1.54) is 9.80 Å². The number of aliphatic hydroxyl groups is 4. The van der Waals surface area contributed by atoms with Crippen LogP contribution in [-0.2, 0) is 9.59 Å². The normalized spacial score (nSPS) is 13.1. The Hall–Kier alpha value is -3.04. The minimum Gasteiger partial charge on any atom is -0.394 e. The summed E-state index contributed by atoms with van der Waals surface area (Å²) in [6.45, 7) is 2.01. The number of benzene rings is 3. The van der Waals surface area contributed by atoms with Crippen LogP contribution < -0.4 is 9.80 Å². The highest BCUT2D eigenvalue weighted by Gasteiger charge is 2.28. The minimum absolute atomic E-state index is 0.141. The zero-order valence-corrected chi connectivity index (χ0v) is 19.5. The van der Waals surface area contributed by atoms with Gasteiger partial charge in [-0.2, -0.15) is 0 Å². The molecule has 3 aromatic carbocycles. The standard InChI is InChI=1S/C26H32N2O6/c1-3-24(33)27(13-20(31)15-29)23-10-9-19-11-17-7-5-6-8-18(17)12-22(19)26(23)28(25(34)4-2)14-21(32)16-30/h5-12,20-21,29-32H,3-4,13-16H2,1-2H3. The summed E-state index contributed by atoms with van der Waals surface area (Å²) < 4.78 is 0. The van der Waals surface area contributed by atoms with Crippen LogP contribution in [0.1, 0.15) is 26.7 Å². The van der Waals surface area contributed by atoms with Crippen molar-refractivity contribution in [3.63, 3.8) is 0 Å². The molecule has 2 amide bonds. The third-order valence-corrected chi connectivity index (χ3v) is 5.81. The molecular weight excluding hydrogens is 436 g/mol. The fourth-order valence-corrected chi connectivity index (χ4v) is 4.06. The number of anilines is 2. The number of carbonyl (C=O) groups excluding carboxylic acids is 2. The highest BCUT2D eigenvalue weighted by atomic mass is 16.3. The van der Waals surface area contributed by atoms with Crippen LogP contribution in [0.25, 0.3) is 21.5 Å². The van der Waals surface area contributed by atoms with Gasteiger partial charge in [-0.3, -0.25) is 9.59 Å². The van der Waals surface area contributed by atoms with E-state index in [0.717, 1.165) is 16.2 Å². The highest BCUT2D eigenvalue weighted by molar-refractivity contribution is 6.14. The summed E-state index contributed by atoms with van der Waals surface area (Å²) in [7, 11) is 0. The molecule has 0 saturated carbocycles. The van der Waals surface area contributed by atoms with Crippen LogP contribution in [0.2, 0.25) is 0 Å². The number of amides is 2. The van der Waals surface area contributed by atoms with Crippen molar-refractivity contribution in [3.05, 3.63) is 48.5 Å².